The number of hydrogen-bond donors (Lipinski definition) is 4. The highest BCUT2D eigenvalue weighted by molar-refractivity contribution is 7.86. The van der Waals surface area contributed by atoms with Gasteiger partial charge in [0.25, 0.3) is 0 Å². The summed E-state index contributed by atoms with van der Waals surface area (Å²) >= 11 is 0. The highest BCUT2D eigenvalue weighted by Crippen LogP contribution is 2.20. The Balaban J connectivity index is 0.000000203. The maximum atomic E-state index is 10.7. The molecule has 0 aromatic rings. The van der Waals surface area contributed by atoms with Gasteiger partial charge >= 0.3 is 15.6 Å². The Morgan fingerprint density at radius 3 is 2.05 bits per heavy atom. The van der Waals surface area contributed by atoms with Gasteiger partial charge in [0.15, 0.2) is 0 Å². The second-order valence-corrected chi connectivity index (χ2v) is 4.94. The van der Waals surface area contributed by atoms with Crippen molar-refractivity contribution in [3.05, 3.63) is 11.9 Å². The van der Waals surface area contributed by atoms with Crippen molar-refractivity contribution in [2.45, 2.75) is 5.51 Å². The Hall–Kier alpha value is -1.49. The summed E-state index contributed by atoms with van der Waals surface area (Å²) in [4.78, 5) is 4.25. The third kappa shape index (κ3) is 5.34. The van der Waals surface area contributed by atoms with E-state index in [1.807, 2.05) is 6.08 Å². The lowest BCUT2D eigenvalue weighted by Gasteiger charge is -1.99. The van der Waals surface area contributed by atoms with Gasteiger partial charge in [0.1, 0.15) is 11.7 Å². The molecular formula is C8H13F3N4O3S. The van der Waals surface area contributed by atoms with Gasteiger partial charge in [0.2, 0.25) is 0 Å². The quantitative estimate of drug-likeness (QED) is 0.382. The highest BCUT2D eigenvalue weighted by atomic mass is 32.2. The molecule has 110 valence electrons. The van der Waals surface area contributed by atoms with Crippen LogP contribution in [0.1, 0.15) is 0 Å². The molecule has 1 fully saturated rings. The lowest BCUT2D eigenvalue weighted by molar-refractivity contribution is -0.0510. The molecule has 7 nitrogen and oxygen atoms in total. The van der Waals surface area contributed by atoms with Crippen LogP contribution in [0, 0.1) is 0 Å². The van der Waals surface area contributed by atoms with E-state index in [0.717, 1.165) is 37.8 Å². The molecule has 0 aromatic heterocycles. The summed E-state index contributed by atoms with van der Waals surface area (Å²) < 4.78 is 57.5. The summed E-state index contributed by atoms with van der Waals surface area (Å²) in [5.41, 5.74) is -5.53. The molecule has 0 saturated carbocycles. The summed E-state index contributed by atoms with van der Waals surface area (Å²) in [6.07, 6.45) is 2.01. The normalized spacial score (nSPS) is 18.5. The van der Waals surface area contributed by atoms with Gasteiger partial charge in [0, 0.05) is 25.7 Å². The number of nitrogens with one attached hydrogen (secondary N) is 3. The number of alkyl halides is 3. The van der Waals surface area contributed by atoms with E-state index < -0.39 is 15.6 Å². The van der Waals surface area contributed by atoms with Gasteiger partial charge in [-0.05, 0) is 0 Å². The Kier molecular flexibility index (Phi) is 5.00. The average Bonchev–Trinajstić information content (AvgIpc) is 2.89. The van der Waals surface area contributed by atoms with Gasteiger partial charge in [-0.2, -0.15) is 21.6 Å². The monoisotopic (exact) mass is 302 g/mol. The molecule has 0 radical (unpaired) electrons. The van der Waals surface area contributed by atoms with Crippen LogP contribution in [0.5, 0.6) is 0 Å². The van der Waals surface area contributed by atoms with Crippen LogP contribution >= 0.6 is 0 Å². The molecule has 0 aromatic carbocycles. The minimum atomic E-state index is -5.84. The fraction of sp³-hybridized carbons (Fsp3) is 0.625. The van der Waals surface area contributed by atoms with Crippen molar-refractivity contribution in [3.8, 4) is 0 Å². The summed E-state index contributed by atoms with van der Waals surface area (Å²) in [5, 5.41) is 9.60. The standard InChI is InChI=1S/C7H12N4.CHF3O3S/c1-2-9-6(8-1)5-7-10-3-4-11-7;2-1(3,4)8(5,6)7/h5,8-9H,1-4H2,(H,10,11);(H,5,6,7). The van der Waals surface area contributed by atoms with E-state index in [4.69, 9.17) is 13.0 Å². The van der Waals surface area contributed by atoms with Crippen molar-refractivity contribution < 1.29 is 26.1 Å². The van der Waals surface area contributed by atoms with Crippen molar-refractivity contribution in [2.75, 3.05) is 26.2 Å². The van der Waals surface area contributed by atoms with Crippen LogP contribution in [0.2, 0.25) is 0 Å². The first-order valence-corrected chi connectivity index (χ1v) is 6.65. The van der Waals surface area contributed by atoms with Crippen LogP contribution in [-0.4, -0.2) is 50.5 Å². The van der Waals surface area contributed by atoms with Gasteiger partial charge in [0.05, 0.1) is 6.54 Å². The van der Waals surface area contributed by atoms with E-state index in [1.54, 1.807) is 0 Å². The minimum absolute atomic E-state index is 0.902. The Morgan fingerprint density at radius 2 is 1.68 bits per heavy atom. The molecule has 0 unspecified atom stereocenters. The predicted octanol–water partition coefficient (Wildman–Crippen LogP) is -0.584. The Labute approximate surface area is 107 Å². The first kappa shape index (κ1) is 15.6. The zero-order valence-corrected chi connectivity index (χ0v) is 10.5. The lowest BCUT2D eigenvalue weighted by atomic mass is 10.5. The molecule has 0 aliphatic carbocycles. The van der Waals surface area contributed by atoms with Crippen molar-refractivity contribution in [3.63, 3.8) is 0 Å². The second-order valence-electron chi connectivity index (χ2n) is 3.53. The molecule has 0 atom stereocenters. The SMILES string of the molecule is C(=C1NCCN1)C1=NCCN1.O=S(=O)(O)C(F)(F)F. The summed E-state index contributed by atoms with van der Waals surface area (Å²) in [7, 11) is -5.84. The molecule has 0 bridgehead atoms. The van der Waals surface area contributed by atoms with Gasteiger partial charge in [-0.15, -0.1) is 0 Å². The van der Waals surface area contributed by atoms with E-state index in [0.29, 0.717) is 0 Å². The number of amidine groups is 1. The maximum Gasteiger partial charge on any atom is 0.522 e. The van der Waals surface area contributed by atoms with Crippen molar-refractivity contribution in [2.24, 2.45) is 4.99 Å². The van der Waals surface area contributed by atoms with Gasteiger partial charge in [-0.3, -0.25) is 9.55 Å². The van der Waals surface area contributed by atoms with Crippen LogP contribution in [0.25, 0.3) is 0 Å². The van der Waals surface area contributed by atoms with Gasteiger partial charge < -0.3 is 16.0 Å². The molecule has 1 saturated heterocycles. The third-order valence-corrected chi connectivity index (χ3v) is 2.61. The first-order valence-electron chi connectivity index (χ1n) is 5.21. The molecule has 2 aliphatic heterocycles. The molecule has 0 spiro atoms. The van der Waals surface area contributed by atoms with E-state index in [9.17, 15) is 13.2 Å². The van der Waals surface area contributed by atoms with Crippen LogP contribution in [0.15, 0.2) is 16.9 Å². The number of hydrogen-bond acceptors (Lipinski definition) is 6. The van der Waals surface area contributed by atoms with Crippen LogP contribution < -0.4 is 16.0 Å². The van der Waals surface area contributed by atoms with Crippen LogP contribution in [0.4, 0.5) is 13.2 Å². The van der Waals surface area contributed by atoms with E-state index >= 15 is 0 Å². The molecule has 2 heterocycles. The number of halogens is 3. The van der Waals surface area contributed by atoms with E-state index in [2.05, 4.69) is 20.9 Å². The van der Waals surface area contributed by atoms with E-state index in [-0.39, 0.29) is 0 Å². The average molecular weight is 302 g/mol. The predicted molar refractivity (Wildman–Crippen MR) is 62.0 cm³/mol. The largest absolute Gasteiger partial charge is 0.522 e. The van der Waals surface area contributed by atoms with Crippen LogP contribution in [-0.2, 0) is 10.1 Å². The van der Waals surface area contributed by atoms with E-state index in [1.165, 1.54) is 0 Å². The summed E-state index contributed by atoms with van der Waals surface area (Å²) in [6, 6.07) is 0. The van der Waals surface area contributed by atoms with Crippen molar-refractivity contribution in [1.29, 1.82) is 0 Å². The van der Waals surface area contributed by atoms with Gasteiger partial charge in [-0.1, -0.05) is 0 Å². The molecule has 11 heteroatoms. The molecule has 0 amide bonds. The zero-order chi connectivity index (χ0) is 14.5. The number of aliphatic imine (C=N–C) groups is 1. The molecule has 2 aliphatic rings. The summed E-state index contributed by atoms with van der Waals surface area (Å²) in [6.45, 7) is 3.90. The smallest absolute Gasteiger partial charge is 0.370 e. The van der Waals surface area contributed by atoms with Crippen molar-refractivity contribution >= 4 is 16.0 Å². The van der Waals surface area contributed by atoms with Crippen LogP contribution in [0.3, 0.4) is 0 Å². The Bertz CT molecular complexity index is 464. The minimum Gasteiger partial charge on any atom is -0.370 e. The van der Waals surface area contributed by atoms with Crippen molar-refractivity contribution in [1.82, 2.24) is 16.0 Å². The number of nitrogens with zero attached hydrogens (tertiary/aromatic N) is 1. The zero-order valence-electron chi connectivity index (χ0n) is 9.66. The summed E-state index contributed by atoms with van der Waals surface area (Å²) in [5.74, 6) is 2.07. The first-order chi connectivity index (χ1) is 8.70. The Morgan fingerprint density at radius 1 is 1.16 bits per heavy atom. The molecule has 19 heavy (non-hydrogen) atoms. The molecular weight excluding hydrogens is 289 g/mol. The third-order valence-electron chi connectivity index (χ3n) is 2.03. The lowest BCUT2D eigenvalue weighted by Crippen LogP contribution is -2.21. The molecule has 2 rings (SSSR count). The fourth-order valence-corrected chi connectivity index (χ4v) is 1.21. The second kappa shape index (κ2) is 6.10. The molecule has 4 N–H and O–H groups in total. The highest BCUT2D eigenvalue weighted by Gasteiger charge is 2.44. The fourth-order valence-electron chi connectivity index (χ4n) is 1.21. The van der Waals surface area contributed by atoms with Gasteiger partial charge in [-0.25, -0.2) is 0 Å². The number of rotatable bonds is 1. The maximum absolute atomic E-state index is 10.7. The topological polar surface area (TPSA) is 103 Å².